The van der Waals surface area contributed by atoms with Gasteiger partial charge in [-0.25, -0.2) is 0 Å². The smallest absolute Gasteiger partial charge is 0.305 e. The van der Waals surface area contributed by atoms with Crippen molar-refractivity contribution in [2.75, 3.05) is 7.11 Å². The number of ether oxygens (including phenoxy) is 2. The SMILES string of the molecule is COC(=O)CCC1(C)OC1(C)C. The van der Waals surface area contributed by atoms with Gasteiger partial charge in [0.15, 0.2) is 0 Å². The molecular formula is C9H16O3. The molecule has 1 fully saturated rings. The highest BCUT2D eigenvalue weighted by Gasteiger charge is 2.59. The predicted molar refractivity (Wildman–Crippen MR) is 44.8 cm³/mol. The summed E-state index contributed by atoms with van der Waals surface area (Å²) in [7, 11) is 1.41. The maximum atomic E-state index is 10.8. The van der Waals surface area contributed by atoms with Gasteiger partial charge in [-0.1, -0.05) is 0 Å². The third kappa shape index (κ3) is 1.61. The number of hydrogen-bond donors (Lipinski definition) is 0. The van der Waals surface area contributed by atoms with E-state index in [1.807, 2.05) is 20.8 Å². The lowest BCUT2D eigenvalue weighted by Crippen LogP contribution is -2.18. The fourth-order valence-corrected chi connectivity index (χ4v) is 1.33. The summed E-state index contributed by atoms with van der Waals surface area (Å²) in [5, 5.41) is 0. The zero-order chi connectivity index (χ0) is 9.41. The molecule has 1 heterocycles. The van der Waals surface area contributed by atoms with Crippen LogP contribution in [-0.4, -0.2) is 24.3 Å². The molecule has 0 bridgehead atoms. The van der Waals surface area contributed by atoms with Gasteiger partial charge < -0.3 is 9.47 Å². The Morgan fingerprint density at radius 3 is 2.25 bits per heavy atom. The van der Waals surface area contributed by atoms with Crippen LogP contribution in [0.2, 0.25) is 0 Å². The summed E-state index contributed by atoms with van der Waals surface area (Å²) < 4.78 is 10.0. The summed E-state index contributed by atoms with van der Waals surface area (Å²) >= 11 is 0. The quantitative estimate of drug-likeness (QED) is 0.478. The molecule has 3 heteroatoms. The fourth-order valence-electron chi connectivity index (χ4n) is 1.33. The highest BCUT2D eigenvalue weighted by molar-refractivity contribution is 5.69. The summed E-state index contributed by atoms with van der Waals surface area (Å²) in [4.78, 5) is 10.8. The molecule has 70 valence electrons. The van der Waals surface area contributed by atoms with Crippen LogP contribution in [0.4, 0.5) is 0 Å². The van der Waals surface area contributed by atoms with Crippen LogP contribution in [0.1, 0.15) is 33.6 Å². The Kier molecular flexibility index (Phi) is 2.17. The first-order valence-corrected chi connectivity index (χ1v) is 4.18. The lowest BCUT2D eigenvalue weighted by atomic mass is 9.93. The van der Waals surface area contributed by atoms with Crippen molar-refractivity contribution in [1.82, 2.24) is 0 Å². The van der Waals surface area contributed by atoms with Crippen molar-refractivity contribution in [2.24, 2.45) is 0 Å². The monoisotopic (exact) mass is 172 g/mol. The molecule has 1 aliphatic heterocycles. The highest BCUT2D eigenvalue weighted by Crippen LogP contribution is 2.50. The van der Waals surface area contributed by atoms with E-state index in [1.165, 1.54) is 7.11 Å². The summed E-state index contributed by atoms with van der Waals surface area (Å²) in [5.74, 6) is -0.164. The Labute approximate surface area is 73.0 Å². The van der Waals surface area contributed by atoms with Gasteiger partial charge in [-0.3, -0.25) is 4.79 Å². The summed E-state index contributed by atoms with van der Waals surface area (Å²) in [6.07, 6.45) is 1.18. The number of hydrogen-bond acceptors (Lipinski definition) is 3. The number of epoxide rings is 1. The van der Waals surface area contributed by atoms with Crippen LogP contribution >= 0.6 is 0 Å². The fraction of sp³-hybridized carbons (Fsp3) is 0.889. The molecule has 1 unspecified atom stereocenters. The molecule has 1 aliphatic rings. The lowest BCUT2D eigenvalue weighted by Gasteiger charge is -2.06. The first kappa shape index (κ1) is 9.52. The van der Waals surface area contributed by atoms with Crippen LogP contribution in [0, 0.1) is 0 Å². The summed E-state index contributed by atoms with van der Waals surface area (Å²) in [5.41, 5.74) is -0.192. The van der Waals surface area contributed by atoms with E-state index < -0.39 is 0 Å². The largest absolute Gasteiger partial charge is 0.469 e. The van der Waals surface area contributed by atoms with Crippen molar-refractivity contribution >= 4 is 5.97 Å². The molecule has 0 N–H and O–H groups in total. The summed E-state index contributed by atoms with van der Waals surface area (Å²) in [6.45, 7) is 6.09. The van der Waals surface area contributed by atoms with Gasteiger partial charge in [0, 0.05) is 6.42 Å². The zero-order valence-electron chi connectivity index (χ0n) is 8.14. The van der Waals surface area contributed by atoms with Gasteiger partial charge in [0.2, 0.25) is 0 Å². The van der Waals surface area contributed by atoms with Crippen molar-refractivity contribution in [3.05, 3.63) is 0 Å². The molecule has 0 aromatic rings. The standard InChI is InChI=1S/C9H16O3/c1-8(2)9(3,12-8)6-5-7(10)11-4/h5-6H2,1-4H3. The number of carbonyl (C=O) groups is 1. The van der Waals surface area contributed by atoms with Crippen LogP contribution in [-0.2, 0) is 14.3 Å². The number of carbonyl (C=O) groups excluding carboxylic acids is 1. The molecule has 0 spiro atoms. The lowest BCUT2D eigenvalue weighted by molar-refractivity contribution is -0.141. The molecule has 0 saturated carbocycles. The van der Waals surface area contributed by atoms with Crippen LogP contribution in [0.3, 0.4) is 0 Å². The van der Waals surface area contributed by atoms with E-state index in [2.05, 4.69) is 4.74 Å². The highest BCUT2D eigenvalue weighted by atomic mass is 16.6. The Hall–Kier alpha value is -0.570. The number of esters is 1. The molecule has 3 nitrogen and oxygen atoms in total. The van der Waals surface area contributed by atoms with Crippen LogP contribution in [0.5, 0.6) is 0 Å². The normalized spacial score (nSPS) is 31.3. The molecular weight excluding hydrogens is 156 g/mol. The van der Waals surface area contributed by atoms with Gasteiger partial charge in [0.1, 0.15) is 0 Å². The maximum absolute atomic E-state index is 10.8. The van der Waals surface area contributed by atoms with E-state index in [4.69, 9.17) is 4.74 Å². The van der Waals surface area contributed by atoms with Gasteiger partial charge >= 0.3 is 5.97 Å². The minimum absolute atomic E-state index is 0.0684. The molecule has 0 aliphatic carbocycles. The predicted octanol–water partition coefficient (Wildman–Crippen LogP) is 1.51. The second-order valence-corrected chi connectivity index (χ2v) is 3.92. The third-order valence-corrected chi connectivity index (χ3v) is 2.75. The maximum Gasteiger partial charge on any atom is 0.305 e. The Bertz CT molecular complexity index is 198. The van der Waals surface area contributed by atoms with Crippen LogP contribution < -0.4 is 0 Å². The van der Waals surface area contributed by atoms with Crippen molar-refractivity contribution in [3.8, 4) is 0 Å². The minimum Gasteiger partial charge on any atom is -0.469 e. The molecule has 1 rings (SSSR count). The Morgan fingerprint density at radius 1 is 1.42 bits per heavy atom. The van der Waals surface area contributed by atoms with E-state index in [1.54, 1.807) is 0 Å². The average Bonchev–Trinajstić information content (AvgIpc) is 2.47. The number of rotatable bonds is 3. The molecule has 1 atom stereocenters. The molecule has 0 aromatic carbocycles. The summed E-state index contributed by atoms with van der Waals surface area (Å²) in [6, 6.07) is 0. The minimum atomic E-state index is -0.164. The molecule has 0 aromatic heterocycles. The topological polar surface area (TPSA) is 38.8 Å². The van der Waals surface area contributed by atoms with E-state index in [-0.39, 0.29) is 17.2 Å². The molecule has 0 radical (unpaired) electrons. The van der Waals surface area contributed by atoms with Crippen molar-refractivity contribution in [1.29, 1.82) is 0 Å². The van der Waals surface area contributed by atoms with E-state index in [0.717, 1.165) is 6.42 Å². The van der Waals surface area contributed by atoms with E-state index in [0.29, 0.717) is 6.42 Å². The third-order valence-electron chi connectivity index (χ3n) is 2.75. The van der Waals surface area contributed by atoms with Gasteiger partial charge in [-0.15, -0.1) is 0 Å². The average molecular weight is 172 g/mol. The first-order valence-electron chi connectivity index (χ1n) is 4.18. The Balaban J connectivity index is 2.30. The van der Waals surface area contributed by atoms with Gasteiger partial charge in [-0.05, 0) is 27.2 Å². The second-order valence-electron chi connectivity index (χ2n) is 3.92. The second kappa shape index (κ2) is 2.73. The van der Waals surface area contributed by atoms with Crippen LogP contribution in [0.25, 0.3) is 0 Å². The zero-order valence-corrected chi connectivity index (χ0v) is 8.14. The first-order chi connectivity index (χ1) is 5.41. The van der Waals surface area contributed by atoms with Crippen LogP contribution in [0.15, 0.2) is 0 Å². The molecule has 1 saturated heterocycles. The van der Waals surface area contributed by atoms with Gasteiger partial charge in [0.05, 0.1) is 18.3 Å². The number of methoxy groups -OCH3 is 1. The van der Waals surface area contributed by atoms with Crippen molar-refractivity contribution in [3.63, 3.8) is 0 Å². The van der Waals surface area contributed by atoms with E-state index in [9.17, 15) is 4.79 Å². The molecule has 12 heavy (non-hydrogen) atoms. The van der Waals surface area contributed by atoms with Gasteiger partial charge in [-0.2, -0.15) is 0 Å². The van der Waals surface area contributed by atoms with E-state index >= 15 is 0 Å². The van der Waals surface area contributed by atoms with Crippen molar-refractivity contribution in [2.45, 2.75) is 44.8 Å². The molecule has 0 amide bonds. The Morgan fingerprint density at radius 2 is 1.92 bits per heavy atom. The van der Waals surface area contributed by atoms with Crippen molar-refractivity contribution < 1.29 is 14.3 Å². The van der Waals surface area contributed by atoms with Gasteiger partial charge in [0.25, 0.3) is 0 Å².